The molecule has 1 saturated carbocycles. The highest BCUT2D eigenvalue weighted by Gasteiger charge is 2.50. The number of nitrogens with one attached hydrogen (secondary N) is 1. The van der Waals surface area contributed by atoms with Gasteiger partial charge in [0.2, 0.25) is 5.91 Å². The van der Waals surface area contributed by atoms with Gasteiger partial charge in [-0.15, -0.1) is 0 Å². The van der Waals surface area contributed by atoms with Crippen molar-refractivity contribution in [1.82, 2.24) is 15.0 Å². The van der Waals surface area contributed by atoms with Gasteiger partial charge >= 0.3 is 0 Å². The molecule has 3 rings (SSSR count). The number of carbonyl (C=O) groups is 1. The summed E-state index contributed by atoms with van der Waals surface area (Å²) in [5.74, 6) is -0.165. The van der Waals surface area contributed by atoms with Crippen LogP contribution in [0.2, 0.25) is 0 Å². The van der Waals surface area contributed by atoms with Gasteiger partial charge in [0, 0.05) is 36.0 Å². The average Bonchev–Trinajstić information content (AvgIpc) is 3.07. The number of sulfone groups is 1. The van der Waals surface area contributed by atoms with E-state index in [9.17, 15) is 13.2 Å². The standard InChI is InChI=1S/C16H18N4O3S/c1-24(22,23)16(6-2-3-7-16)15(21)20-14-5-4-12(10-19-14)13-8-17-11-18-9-13/h4-5,8-11H,2-3,6-7H2,1H3,(H,19,20,21). The Hall–Kier alpha value is -2.35. The molecular formula is C16H18N4O3S. The lowest BCUT2D eigenvalue weighted by Crippen LogP contribution is -2.47. The summed E-state index contributed by atoms with van der Waals surface area (Å²) in [5.41, 5.74) is 1.62. The molecule has 1 fully saturated rings. The van der Waals surface area contributed by atoms with Crippen molar-refractivity contribution >= 4 is 21.6 Å². The van der Waals surface area contributed by atoms with Crippen LogP contribution < -0.4 is 5.32 Å². The largest absolute Gasteiger partial charge is 0.309 e. The van der Waals surface area contributed by atoms with Gasteiger partial charge < -0.3 is 5.32 Å². The Bertz CT molecular complexity index is 829. The number of pyridine rings is 1. The highest BCUT2D eigenvalue weighted by Crippen LogP contribution is 2.37. The number of aromatic nitrogens is 3. The van der Waals surface area contributed by atoms with Crippen molar-refractivity contribution in [2.75, 3.05) is 11.6 Å². The minimum atomic E-state index is -3.49. The van der Waals surface area contributed by atoms with Gasteiger partial charge in [-0.05, 0) is 25.0 Å². The summed E-state index contributed by atoms with van der Waals surface area (Å²) in [6.45, 7) is 0. The molecular weight excluding hydrogens is 328 g/mol. The molecule has 24 heavy (non-hydrogen) atoms. The third kappa shape index (κ3) is 3.01. The number of amides is 1. The van der Waals surface area contributed by atoms with Gasteiger partial charge in [-0.3, -0.25) is 4.79 Å². The number of hydrogen-bond donors (Lipinski definition) is 1. The summed E-state index contributed by atoms with van der Waals surface area (Å²) >= 11 is 0. The molecule has 8 heteroatoms. The number of anilines is 1. The smallest absolute Gasteiger partial charge is 0.246 e. The van der Waals surface area contributed by atoms with Crippen LogP contribution in [0.25, 0.3) is 11.1 Å². The van der Waals surface area contributed by atoms with Crippen LogP contribution in [0.3, 0.4) is 0 Å². The van der Waals surface area contributed by atoms with Crippen LogP contribution in [0.5, 0.6) is 0 Å². The molecule has 0 atom stereocenters. The second kappa shape index (κ2) is 6.27. The SMILES string of the molecule is CS(=O)(=O)C1(C(=O)Nc2ccc(-c3cncnc3)cn2)CCCC1. The summed E-state index contributed by atoms with van der Waals surface area (Å²) in [7, 11) is -3.49. The fourth-order valence-corrected chi connectivity index (χ4v) is 4.45. The first-order chi connectivity index (χ1) is 11.4. The molecule has 7 nitrogen and oxygen atoms in total. The molecule has 2 aromatic rings. The van der Waals surface area contributed by atoms with Crippen molar-refractivity contribution in [1.29, 1.82) is 0 Å². The van der Waals surface area contributed by atoms with E-state index in [1.165, 1.54) is 6.33 Å². The second-order valence-corrected chi connectivity index (χ2v) is 8.31. The summed E-state index contributed by atoms with van der Waals surface area (Å²) < 4.78 is 22.9. The Balaban J connectivity index is 1.80. The van der Waals surface area contributed by atoms with Crippen LogP contribution in [-0.4, -0.2) is 40.3 Å². The minimum absolute atomic E-state index is 0.329. The van der Waals surface area contributed by atoms with Gasteiger partial charge in [-0.2, -0.15) is 0 Å². The average molecular weight is 346 g/mol. The molecule has 0 spiro atoms. The van der Waals surface area contributed by atoms with E-state index in [4.69, 9.17) is 0 Å². The van der Waals surface area contributed by atoms with Crippen molar-refractivity contribution in [2.45, 2.75) is 30.4 Å². The van der Waals surface area contributed by atoms with E-state index in [2.05, 4.69) is 20.3 Å². The normalized spacial score (nSPS) is 16.7. The predicted molar refractivity (Wildman–Crippen MR) is 89.9 cm³/mol. The van der Waals surface area contributed by atoms with Crippen LogP contribution in [0.1, 0.15) is 25.7 Å². The molecule has 0 aromatic carbocycles. The molecule has 1 aliphatic rings. The van der Waals surface area contributed by atoms with E-state index in [1.54, 1.807) is 30.7 Å². The first kappa shape index (κ1) is 16.5. The molecule has 0 radical (unpaired) electrons. The summed E-state index contributed by atoms with van der Waals surface area (Å²) in [4.78, 5) is 24.7. The third-order valence-corrected chi connectivity index (χ3v) is 6.45. The predicted octanol–water partition coefficient (Wildman–Crippen LogP) is 1.83. The highest BCUT2D eigenvalue weighted by atomic mass is 32.2. The third-order valence-electron chi connectivity index (χ3n) is 4.43. The number of hydrogen-bond acceptors (Lipinski definition) is 6. The Kier molecular flexibility index (Phi) is 4.31. The lowest BCUT2D eigenvalue weighted by molar-refractivity contribution is -0.118. The lowest BCUT2D eigenvalue weighted by atomic mass is 10.1. The Morgan fingerprint density at radius 3 is 2.29 bits per heavy atom. The van der Waals surface area contributed by atoms with E-state index in [-0.39, 0.29) is 0 Å². The Morgan fingerprint density at radius 1 is 1.08 bits per heavy atom. The van der Waals surface area contributed by atoms with Crippen molar-refractivity contribution in [3.05, 3.63) is 37.1 Å². The van der Waals surface area contributed by atoms with Crippen molar-refractivity contribution in [3.8, 4) is 11.1 Å². The van der Waals surface area contributed by atoms with Crippen LogP contribution in [-0.2, 0) is 14.6 Å². The molecule has 0 bridgehead atoms. The van der Waals surface area contributed by atoms with Gasteiger partial charge in [0.1, 0.15) is 12.1 Å². The molecule has 1 N–H and O–H groups in total. The molecule has 1 amide bonds. The molecule has 2 heterocycles. The summed E-state index contributed by atoms with van der Waals surface area (Å²) in [5, 5.41) is 2.65. The fraction of sp³-hybridized carbons (Fsp3) is 0.375. The number of carbonyl (C=O) groups excluding carboxylic acids is 1. The first-order valence-corrected chi connectivity index (χ1v) is 9.54. The maximum Gasteiger partial charge on any atom is 0.246 e. The van der Waals surface area contributed by atoms with E-state index in [0.717, 1.165) is 30.2 Å². The van der Waals surface area contributed by atoms with Crippen LogP contribution in [0.15, 0.2) is 37.1 Å². The molecule has 2 aromatic heterocycles. The zero-order valence-corrected chi connectivity index (χ0v) is 14.1. The number of nitrogens with zero attached hydrogens (tertiary/aromatic N) is 3. The van der Waals surface area contributed by atoms with Crippen molar-refractivity contribution in [2.24, 2.45) is 0 Å². The van der Waals surface area contributed by atoms with Gasteiger partial charge in [0.05, 0.1) is 0 Å². The second-order valence-electron chi connectivity index (χ2n) is 5.99. The van der Waals surface area contributed by atoms with E-state index >= 15 is 0 Å². The van der Waals surface area contributed by atoms with Gasteiger partial charge in [0.15, 0.2) is 14.6 Å². The van der Waals surface area contributed by atoms with Crippen molar-refractivity contribution in [3.63, 3.8) is 0 Å². The van der Waals surface area contributed by atoms with Crippen LogP contribution in [0.4, 0.5) is 5.82 Å². The molecule has 0 aliphatic heterocycles. The van der Waals surface area contributed by atoms with E-state index < -0.39 is 20.5 Å². The molecule has 126 valence electrons. The zero-order chi connectivity index (χ0) is 17.2. The highest BCUT2D eigenvalue weighted by molar-refractivity contribution is 7.92. The molecule has 0 saturated heterocycles. The Morgan fingerprint density at radius 2 is 1.75 bits per heavy atom. The van der Waals surface area contributed by atoms with E-state index in [0.29, 0.717) is 18.7 Å². The van der Waals surface area contributed by atoms with Crippen molar-refractivity contribution < 1.29 is 13.2 Å². The van der Waals surface area contributed by atoms with E-state index in [1.807, 2.05) is 0 Å². The maximum atomic E-state index is 12.6. The summed E-state index contributed by atoms with van der Waals surface area (Å²) in [6.07, 6.45) is 9.69. The Labute approximate surface area is 140 Å². The van der Waals surface area contributed by atoms with Crippen LogP contribution >= 0.6 is 0 Å². The molecule has 0 unspecified atom stereocenters. The van der Waals surface area contributed by atoms with Gasteiger partial charge in [-0.1, -0.05) is 12.8 Å². The maximum absolute atomic E-state index is 12.6. The fourth-order valence-electron chi connectivity index (χ4n) is 3.03. The summed E-state index contributed by atoms with van der Waals surface area (Å²) in [6, 6.07) is 3.42. The zero-order valence-electron chi connectivity index (χ0n) is 13.3. The number of rotatable bonds is 4. The van der Waals surface area contributed by atoms with Crippen LogP contribution in [0, 0.1) is 0 Å². The lowest BCUT2D eigenvalue weighted by Gasteiger charge is -2.25. The first-order valence-electron chi connectivity index (χ1n) is 7.65. The quantitative estimate of drug-likeness (QED) is 0.906. The molecule has 1 aliphatic carbocycles. The monoisotopic (exact) mass is 346 g/mol. The van der Waals surface area contributed by atoms with Gasteiger partial charge in [0.25, 0.3) is 0 Å². The minimum Gasteiger partial charge on any atom is -0.309 e. The topological polar surface area (TPSA) is 102 Å². The van der Waals surface area contributed by atoms with Gasteiger partial charge in [-0.25, -0.2) is 23.4 Å².